The van der Waals surface area contributed by atoms with E-state index in [1.54, 1.807) is 0 Å². The number of rotatable bonds is 2. The van der Waals surface area contributed by atoms with Crippen LogP contribution in [0.4, 0.5) is 0 Å². The Morgan fingerprint density at radius 3 is 2.21 bits per heavy atom. The van der Waals surface area contributed by atoms with Crippen molar-refractivity contribution in [1.82, 2.24) is 10.2 Å². The summed E-state index contributed by atoms with van der Waals surface area (Å²) in [5.41, 5.74) is 3.41. The molecule has 78 valence electrons. The van der Waals surface area contributed by atoms with Crippen molar-refractivity contribution in [3.8, 4) is 0 Å². The summed E-state index contributed by atoms with van der Waals surface area (Å²) in [6.45, 7) is 11.4. The van der Waals surface area contributed by atoms with Gasteiger partial charge in [0.05, 0.1) is 0 Å². The highest BCUT2D eigenvalue weighted by Crippen LogP contribution is 2.36. The fourth-order valence-corrected chi connectivity index (χ4v) is 2.11. The molecule has 2 heteroatoms. The first-order valence-electron chi connectivity index (χ1n) is 5.39. The minimum atomic E-state index is 0.639. The molecule has 1 N–H and O–H groups in total. The van der Waals surface area contributed by atoms with Crippen LogP contribution in [-0.4, -0.2) is 31.1 Å². The highest BCUT2D eigenvalue weighted by Gasteiger charge is 2.47. The molecule has 0 amide bonds. The maximum Gasteiger partial charge on any atom is 0.0302 e. The molecule has 2 aliphatic heterocycles. The van der Waals surface area contributed by atoms with Crippen LogP contribution in [-0.2, 0) is 0 Å². The van der Waals surface area contributed by atoms with Crippen molar-refractivity contribution in [2.75, 3.05) is 26.2 Å². The third kappa shape index (κ3) is 1.71. The van der Waals surface area contributed by atoms with Gasteiger partial charge >= 0.3 is 0 Å². The van der Waals surface area contributed by atoms with Crippen LogP contribution in [0.1, 0.15) is 20.8 Å². The van der Waals surface area contributed by atoms with Gasteiger partial charge in [-0.2, -0.15) is 0 Å². The summed E-state index contributed by atoms with van der Waals surface area (Å²) >= 11 is 0. The standard InChI is InChI=1S/C12H20N2/c1-10(2)4-5-11(3)14-8-12(9-14)6-13-7-12/h4-5,13H,6-9H2,1-3H3/b11-5+. The number of allylic oxidation sites excluding steroid dienone is 4. The first kappa shape index (κ1) is 9.78. The summed E-state index contributed by atoms with van der Waals surface area (Å²) in [5.74, 6) is 0. The number of nitrogens with zero attached hydrogens (tertiary/aromatic N) is 1. The highest BCUT2D eigenvalue weighted by molar-refractivity contribution is 5.18. The lowest BCUT2D eigenvalue weighted by molar-refractivity contribution is -0.0161. The fourth-order valence-electron chi connectivity index (χ4n) is 2.11. The maximum atomic E-state index is 3.36. The second kappa shape index (κ2) is 3.43. The van der Waals surface area contributed by atoms with E-state index in [1.807, 2.05) is 0 Å². The molecule has 0 aromatic carbocycles. The Balaban J connectivity index is 1.86. The monoisotopic (exact) mass is 192 g/mol. The van der Waals surface area contributed by atoms with Gasteiger partial charge in [0.15, 0.2) is 0 Å². The molecule has 1 spiro atoms. The maximum absolute atomic E-state index is 3.36. The smallest absolute Gasteiger partial charge is 0.0302 e. The van der Waals surface area contributed by atoms with Crippen molar-refractivity contribution in [3.63, 3.8) is 0 Å². The van der Waals surface area contributed by atoms with E-state index < -0.39 is 0 Å². The largest absolute Gasteiger partial charge is 0.374 e. The average Bonchev–Trinajstić information content (AvgIpc) is 1.95. The van der Waals surface area contributed by atoms with Crippen LogP contribution >= 0.6 is 0 Å². The predicted molar refractivity (Wildman–Crippen MR) is 60.1 cm³/mol. The van der Waals surface area contributed by atoms with Crippen LogP contribution in [0.3, 0.4) is 0 Å². The molecule has 0 unspecified atom stereocenters. The molecule has 0 aromatic rings. The van der Waals surface area contributed by atoms with Crippen molar-refractivity contribution in [1.29, 1.82) is 0 Å². The summed E-state index contributed by atoms with van der Waals surface area (Å²) in [7, 11) is 0. The van der Waals surface area contributed by atoms with Crippen LogP contribution in [0.2, 0.25) is 0 Å². The van der Waals surface area contributed by atoms with Crippen LogP contribution in [0, 0.1) is 5.41 Å². The van der Waals surface area contributed by atoms with Crippen molar-refractivity contribution < 1.29 is 0 Å². The molecule has 2 fully saturated rings. The lowest BCUT2D eigenvalue weighted by Crippen LogP contribution is -2.70. The van der Waals surface area contributed by atoms with Gasteiger partial charge in [-0.1, -0.05) is 11.6 Å². The molecular weight excluding hydrogens is 172 g/mol. The second-order valence-corrected chi connectivity index (χ2v) is 5.01. The summed E-state index contributed by atoms with van der Waals surface area (Å²) in [4.78, 5) is 2.47. The van der Waals surface area contributed by atoms with E-state index in [1.165, 1.54) is 37.4 Å². The van der Waals surface area contributed by atoms with Crippen LogP contribution in [0.15, 0.2) is 23.4 Å². The van der Waals surface area contributed by atoms with Gasteiger partial charge in [0.2, 0.25) is 0 Å². The molecular formula is C12H20N2. The third-order valence-electron chi connectivity index (χ3n) is 3.21. The van der Waals surface area contributed by atoms with Crippen LogP contribution < -0.4 is 5.32 Å². The van der Waals surface area contributed by atoms with E-state index >= 15 is 0 Å². The summed E-state index contributed by atoms with van der Waals surface area (Å²) in [6.07, 6.45) is 4.42. The molecule has 0 radical (unpaired) electrons. The Bertz CT molecular complexity index is 273. The van der Waals surface area contributed by atoms with E-state index in [0.717, 1.165) is 0 Å². The van der Waals surface area contributed by atoms with Crippen LogP contribution in [0.5, 0.6) is 0 Å². The molecule has 2 nitrogen and oxygen atoms in total. The minimum Gasteiger partial charge on any atom is -0.374 e. The zero-order chi connectivity index (χ0) is 10.2. The molecule has 2 saturated heterocycles. The van der Waals surface area contributed by atoms with Gasteiger partial charge in [-0.3, -0.25) is 0 Å². The van der Waals surface area contributed by atoms with Gasteiger partial charge in [0.1, 0.15) is 0 Å². The van der Waals surface area contributed by atoms with Gasteiger partial charge in [-0.25, -0.2) is 0 Å². The van der Waals surface area contributed by atoms with Gasteiger partial charge < -0.3 is 10.2 Å². The Morgan fingerprint density at radius 2 is 1.79 bits per heavy atom. The summed E-state index contributed by atoms with van der Waals surface area (Å²) in [6, 6.07) is 0. The van der Waals surface area contributed by atoms with Gasteiger partial charge in [-0.05, 0) is 26.8 Å². The lowest BCUT2D eigenvalue weighted by Gasteiger charge is -2.57. The Morgan fingerprint density at radius 1 is 1.14 bits per heavy atom. The number of nitrogens with one attached hydrogen (secondary N) is 1. The summed E-state index contributed by atoms with van der Waals surface area (Å²) < 4.78 is 0. The molecule has 0 atom stereocenters. The first-order chi connectivity index (χ1) is 6.61. The zero-order valence-electron chi connectivity index (χ0n) is 9.43. The molecule has 0 bridgehead atoms. The number of hydrogen-bond acceptors (Lipinski definition) is 2. The first-order valence-corrected chi connectivity index (χ1v) is 5.39. The Hall–Kier alpha value is -0.760. The average molecular weight is 192 g/mol. The van der Waals surface area contributed by atoms with Crippen molar-refractivity contribution >= 4 is 0 Å². The van der Waals surface area contributed by atoms with E-state index in [0.29, 0.717) is 5.41 Å². The molecule has 2 rings (SSSR count). The third-order valence-corrected chi connectivity index (χ3v) is 3.21. The molecule has 2 aliphatic rings. The predicted octanol–water partition coefficient (Wildman–Crippen LogP) is 1.76. The lowest BCUT2D eigenvalue weighted by atomic mass is 9.74. The molecule has 0 saturated carbocycles. The van der Waals surface area contributed by atoms with Gasteiger partial charge in [0, 0.05) is 37.3 Å². The van der Waals surface area contributed by atoms with Crippen LogP contribution in [0.25, 0.3) is 0 Å². The summed E-state index contributed by atoms with van der Waals surface area (Å²) in [5, 5.41) is 3.36. The quantitative estimate of drug-likeness (QED) is 0.671. The molecule has 0 aromatic heterocycles. The van der Waals surface area contributed by atoms with Gasteiger partial charge in [-0.15, -0.1) is 0 Å². The number of hydrogen-bond donors (Lipinski definition) is 1. The SMILES string of the molecule is CC(C)=C/C=C(\C)N1CC2(CNC2)C1. The molecule has 0 aliphatic carbocycles. The van der Waals surface area contributed by atoms with E-state index in [2.05, 4.69) is 43.1 Å². The van der Waals surface area contributed by atoms with Gasteiger partial charge in [0.25, 0.3) is 0 Å². The highest BCUT2D eigenvalue weighted by atomic mass is 15.3. The van der Waals surface area contributed by atoms with Crippen molar-refractivity contribution in [2.24, 2.45) is 5.41 Å². The Labute approximate surface area is 86.7 Å². The second-order valence-electron chi connectivity index (χ2n) is 5.01. The van der Waals surface area contributed by atoms with E-state index in [9.17, 15) is 0 Å². The van der Waals surface area contributed by atoms with E-state index in [4.69, 9.17) is 0 Å². The zero-order valence-corrected chi connectivity index (χ0v) is 9.43. The van der Waals surface area contributed by atoms with E-state index in [-0.39, 0.29) is 0 Å². The normalized spacial score (nSPS) is 24.2. The topological polar surface area (TPSA) is 15.3 Å². The minimum absolute atomic E-state index is 0.639. The van der Waals surface area contributed by atoms with Crippen molar-refractivity contribution in [3.05, 3.63) is 23.4 Å². The van der Waals surface area contributed by atoms with Crippen molar-refractivity contribution in [2.45, 2.75) is 20.8 Å². The molecule has 14 heavy (non-hydrogen) atoms. The fraction of sp³-hybridized carbons (Fsp3) is 0.667. The molecule has 2 heterocycles. The Kier molecular flexibility index (Phi) is 2.40. The number of likely N-dealkylation sites (tertiary alicyclic amines) is 1.